The summed E-state index contributed by atoms with van der Waals surface area (Å²) in [6.45, 7) is 1.29. The van der Waals surface area contributed by atoms with Crippen LogP contribution in [0.3, 0.4) is 0 Å². The predicted molar refractivity (Wildman–Crippen MR) is 225 cm³/mol. The molecule has 9 rings (SSSR count). The Morgan fingerprint density at radius 3 is 2.52 bits per heavy atom. The molecule has 60 heavy (non-hydrogen) atoms. The lowest BCUT2D eigenvalue weighted by Gasteiger charge is -2.21. The summed E-state index contributed by atoms with van der Waals surface area (Å²) in [5.74, 6) is 1.03. The number of ether oxygens (including phenoxy) is 6. The normalized spacial score (nSPS) is 15.0. The molecule has 0 spiro atoms. The average Bonchev–Trinajstić information content (AvgIpc) is 3.66. The van der Waals surface area contributed by atoms with Crippen molar-refractivity contribution in [2.45, 2.75) is 32.2 Å². The van der Waals surface area contributed by atoms with Crippen molar-refractivity contribution < 1.29 is 42.7 Å². The molecule has 0 radical (unpaired) electrons. The van der Waals surface area contributed by atoms with Gasteiger partial charge in [-0.25, -0.2) is 29.1 Å². The number of aliphatic hydroxyl groups is 1. The van der Waals surface area contributed by atoms with Gasteiger partial charge in [-0.1, -0.05) is 47.5 Å². The Morgan fingerprint density at radius 2 is 1.75 bits per heavy atom. The van der Waals surface area contributed by atoms with Crippen molar-refractivity contribution in [3.8, 4) is 61.8 Å². The minimum Gasteiger partial charge on any atom is -0.496 e. The largest absolute Gasteiger partial charge is 0.496 e. The number of aromatic nitrogens is 4. The maximum absolute atomic E-state index is 14.2. The number of rotatable bonds is 9. The van der Waals surface area contributed by atoms with Crippen LogP contribution >= 0.6 is 34.5 Å². The second-order valence-electron chi connectivity index (χ2n) is 13.4. The lowest BCUT2D eigenvalue weighted by molar-refractivity contribution is -0.151. The number of para-hydroxylation sites is 1. The molecular weight excluding hydrogens is 834 g/mol. The Morgan fingerprint density at radius 1 is 0.950 bits per heavy atom. The van der Waals surface area contributed by atoms with Gasteiger partial charge in [-0.05, 0) is 78.7 Å². The molecular formula is C44H35Cl2FN4O8S. The number of hydrogen-bond donors (Lipinski definition) is 1. The summed E-state index contributed by atoms with van der Waals surface area (Å²) in [5.41, 5.74) is 3.62. The van der Waals surface area contributed by atoms with E-state index in [0.29, 0.717) is 66.1 Å². The van der Waals surface area contributed by atoms with Crippen molar-refractivity contribution in [3.05, 3.63) is 125 Å². The van der Waals surface area contributed by atoms with Crippen molar-refractivity contribution >= 4 is 50.7 Å². The van der Waals surface area contributed by atoms with E-state index in [1.165, 1.54) is 29.8 Å². The number of fused-ring (bicyclic) bond motifs is 7. The van der Waals surface area contributed by atoms with Gasteiger partial charge in [-0.2, -0.15) is 0 Å². The summed E-state index contributed by atoms with van der Waals surface area (Å²) in [6, 6.07) is 23.6. The highest BCUT2D eigenvalue weighted by atomic mass is 35.5. The minimum atomic E-state index is -1.25. The highest BCUT2D eigenvalue weighted by Gasteiger charge is 2.30. The zero-order valence-corrected chi connectivity index (χ0v) is 34.4. The number of methoxy groups -OCH3 is 1. The number of halogens is 3. The second kappa shape index (κ2) is 18.1. The fourth-order valence-corrected chi connectivity index (χ4v) is 8.39. The number of hydrogen-bond acceptors (Lipinski definition) is 13. The van der Waals surface area contributed by atoms with Crippen LogP contribution in [0.4, 0.5) is 4.39 Å². The number of aliphatic hydroxyl groups excluding tert-OH is 1. The van der Waals surface area contributed by atoms with E-state index in [1.807, 2.05) is 24.3 Å². The Kier molecular flexibility index (Phi) is 12.2. The van der Waals surface area contributed by atoms with Gasteiger partial charge in [-0.15, -0.1) is 11.3 Å². The first kappa shape index (κ1) is 40.7. The summed E-state index contributed by atoms with van der Waals surface area (Å²) in [5, 5.41) is 11.1. The zero-order valence-electron chi connectivity index (χ0n) is 32.1. The molecule has 0 aliphatic carbocycles. The molecule has 0 fully saturated rings. The quantitative estimate of drug-likeness (QED) is 0.138. The van der Waals surface area contributed by atoms with E-state index in [0.717, 1.165) is 5.56 Å². The van der Waals surface area contributed by atoms with Crippen LogP contribution in [0.1, 0.15) is 18.2 Å². The average molecular weight is 870 g/mol. The van der Waals surface area contributed by atoms with Gasteiger partial charge in [0.15, 0.2) is 17.7 Å². The van der Waals surface area contributed by atoms with Crippen LogP contribution < -0.4 is 23.7 Å². The molecule has 0 saturated carbocycles. The summed E-state index contributed by atoms with van der Waals surface area (Å²) in [7, 11) is 1.58. The van der Waals surface area contributed by atoms with E-state index in [1.54, 1.807) is 68.8 Å². The lowest BCUT2D eigenvalue weighted by Crippen LogP contribution is -2.32. The van der Waals surface area contributed by atoms with Crippen LogP contribution in [0, 0.1) is 5.82 Å². The third kappa shape index (κ3) is 8.63. The smallest absolute Gasteiger partial charge is 0.347 e. The summed E-state index contributed by atoms with van der Waals surface area (Å²) in [4.78, 5) is 33.3. The highest BCUT2D eigenvalue weighted by Crippen LogP contribution is 2.49. The fourth-order valence-electron chi connectivity index (χ4n) is 6.65. The lowest BCUT2D eigenvalue weighted by atomic mass is 9.99. The maximum atomic E-state index is 14.2. The molecule has 4 aromatic carbocycles. The Labute approximate surface area is 357 Å². The van der Waals surface area contributed by atoms with Crippen LogP contribution in [-0.2, 0) is 22.6 Å². The molecule has 306 valence electrons. The molecule has 0 saturated heterocycles. The SMILES string of the molecule is CCOC(=O)[C@H]1Cc2cc(ccc2OCc2ccnc(-c3ccccc3OC)n2)OC[C@@H](CO)Oc2c(Cl)cc(cc2Cl)-c2c(-c3ccc(F)cc3)sc3ncnc(c23)O1. The molecule has 12 nitrogen and oxygen atoms in total. The first-order valence-corrected chi connectivity index (χ1v) is 20.3. The molecule has 2 atom stereocenters. The maximum Gasteiger partial charge on any atom is 0.347 e. The number of carbonyl (C=O) groups is 1. The molecule has 0 amide bonds. The van der Waals surface area contributed by atoms with Gasteiger partial charge in [0.25, 0.3) is 0 Å². The molecule has 3 aromatic heterocycles. The number of esters is 1. The molecule has 1 N–H and O–H groups in total. The van der Waals surface area contributed by atoms with Crippen LogP contribution in [-0.4, -0.2) is 70.2 Å². The van der Waals surface area contributed by atoms with Gasteiger partial charge in [0.1, 0.15) is 47.4 Å². The van der Waals surface area contributed by atoms with Gasteiger partial charge < -0.3 is 33.5 Å². The van der Waals surface area contributed by atoms with Crippen molar-refractivity contribution in [2.24, 2.45) is 0 Å². The van der Waals surface area contributed by atoms with Crippen molar-refractivity contribution in [3.63, 3.8) is 0 Å². The summed E-state index contributed by atoms with van der Waals surface area (Å²) < 4.78 is 50.5. The van der Waals surface area contributed by atoms with E-state index in [9.17, 15) is 14.3 Å². The van der Waals surface area contributed by atoms with E-state index >= 15 is 0 Å². The monoisotopic (exact) mass is 868 g/mol. The predicted octanol–water partition coefficient (Wildman–Crippen LogP) is 9.20. The van der Waals surface area contributed by atoms with E-state index in [2.05, 4.69) is 15.0 Å². The first-order chi connectivity index (χ1) is 29.2. The van der Waals surface area contributed by atoms with Crippen LogP contribution in [0.5, 0.6) is 28.9 Å². The topological polar surface area (TPSA) is 144 Å². The van der Waals surface area contributed by atoms with Gasteiger partial charge in [0.05, 0.1) is 47.0 Å². The molecule has 16 heteroatoms. The van der Waals surface area contributed by atoms with Crippen molar-refractivity contribution in [1.82, 2.24) is 19.9 Å². The number of thiophene rings is 1. The molecule has 7 aromatic rings. The van der Waals surface area contributed by atoms with Gasteiger partial charge >= 0.3 is 5.97 Å². The summed E-state index contributed by atoms with van der Waals surface area (Å²) >= 11 is 15.0. The van der Waals surface area contributed by atoms with Crippen LogP contribution in [0.25, 0.3) is 43.2 Å². The van der Waals surface area contributed by atoms with Crippen molar-refractivity contribution in [2.75, 3.05) is 26.9 Å². The molecule has 5 heterocycles. The Balaban J connectivity index is 1.23. The third-order valence-electron chi connectivity index (χ3n) is 9.45. The number of benzene rings is 4. The third-order valence-corrected chi connectivity index (χ3v) is 11.2. The van der Waals surface area contributed by atoms with Gasteiger partial charge in [-0.3, -0.25) is 0 Å². The van der Waals surface area contributed by atoms with E-state index in [4.69, 9.17) is 56.6 Å². The van der Waals surface area contributed by atoms with E-state index in [-0.39, 0.29) is 47.9 Å². The highest BCUT2D eigenvalue weighted by molar-refractivity contribution is 7.22. The molecule has 2 aliphatic heterocycles. The second-order valence-corrected chi connectivity index (χ2v) is 15.2. The summed E-state index contributed by atoms with van der Waals surface area (Å²) in [6.07, 6.45) is 0.792. The van der Waals surface area contributed by atoms with E-state index < -0.39 is 30.6 Å². The Hall–Kier alpha value is -6.06. The first-order valence-electron chi connectivity index (χ1n) is 18.7. The molecule has 2 aliphatic rings. The standard InChI is InChI=1S/C44H35Cl2FN4O8S/c1-3-55-44(53)36-19-25-16-29(12-13-34(25)57-21-28-14-15-48-41(51-28)31-6-4-5-7-35(31)54-2)56-22-30(20-52)58-39-32(45)17-26(18-33(39)46)37-38-42(59-36)49-23-50-43(38)60-40(37)24-8-10-27(47)11-9-24/h4-18,23,30,36,52H,3,19-22H2,1-2H3/t30-,36-/m1/s1. The Bertz CT molecular complexity index is 2660. The van der Waals surface area contributed by atoms with Crippen molar-refractivity contribution in [1.29, 1.82) is 0 Å². The van der Waals surface area contributed by atoms with Gasteiger partial charge in [0.2, 0.25) is 12.0 Å². The molecule has 0 unspecified atom stereocenters. The zero-order chi connectivity index (χ0) is 41.8. The van der Waals surface area contributed by atoms with Gasteiger partial charge in [0, 0.05) is 28.6 Å². The number of carbonyl (C=O) groups excluding carboxylic acids is 1. The molecule has 4 bridgehead atoms. The number of nitrogens with zero attached hydrogens (tertiary/aromatic N) is 4. The fraction of sp³-hybridized carbons (Fsp3) is 0.205. The van der Waals surface area contributed by atoms with Crippen LogP contribution in [0.15, 0.2) is 97.5 Å². The minimum absolute atomic E-state index is 0.0406. The van der Waals surface area contributed by atoms with Crippen LogP contribution in [0.2, 0.25) is 10.0 Å².